The fraction of sp³-hybridized carbons (Fsp3) is 0.429. The predicted octanol–water partition coefficient (Wildman–Crippen LogP) is 1.18. The maximum atomic E-state index is 11.9. The van der Waals surface area contributed by atoms with Crippen molar-refractivity contribution in [2.45, 2.75) is 19.4 Å². The van der Waals surface area contributed by atoms with E-state index < -0.39 is 6.04 Å². The summed E-state index contributed by atoms with van der Waals surface area (Å²) in [7, 11) is 1.86. The van der Waals surface area contributed by atoms with Crippen LogP contribution < -0.4 is 16.0 Å². The van der Waals surface area contributed by atoms with E-state index in [1.165, 1.54) is 0 Å². The van der Waals surface area contributed by atoms with Crippen LogP contribution in [0, 0.1) is 0 Å². The zero-order valence-corrected chi connectivity index (χ0v) is 12.5. The molecule has 1 aromatic rings. The Kier molecular flexibility index (Phi) is 7.04. The fourth-order valence-corrected chi connectivity index (χ4v) is 1.70. The lowest BCUT2D eigenvalue weighted by molar-refractivity contribution is -0.122. The highest BCUT2D eigenvalue weighted by Gasteiger charge is 2.15. The van der Waals surface area contributed by atoms with Gasteiger partial charge in [0.05, 0.1) is 0 Å². The summed E-state index contributed by atoms with van der Waals surface area (Å²) >= 11 is 5.75. The van der Waals surface area contributed by atoms with Crippen molar-refractivity contribution in [3.05, 3.63) is 34.9 Å². The van der Waals surface area contributed by atoms with E-state index in [2.05, 4.69) is 16.0 Å². The van der Waals surface area contributed by atoms with E-state index in [0.717, 1.165) is 13.0 Å². The molecular weight excluding hydrogens is 278 g/mol. The van der Waals surface area contributed by atoms with Gasteiger partial charge >= 0.3 is 0 Å². The van der Waals surface area contributed by atoms with E-state index in [4.69, 9.17) is 11.6 Å². The largest absolute Gasteiger partial charge is 0.354 e. The molecule has 1 unspecified atom stereocenters. The Bertz CT molecular complexity index is 448. The molecule has 1 aromatic carbocycles. The molecule has 0 spiro atoms. The van der Waals surface area contributed by atoms with Crippen LogP contribution in [0.1, 0.15) is 23.7 Å². The monoisotopic (exact) mass is 297 g/mol. The van der Waals surface area contributed by atoms with Crippen molar-refractivity contribution in [2.75, 3.05) is 20.1 Å². The highest BCUT2D eigenvalue weighted by Crippen LogP contribution is 2.09. The quantitative estimate of drug-likeness (QED) is 0.662. The third-order valence-corrected chi connectivity index (χ3v) is 3.00. The third kappa shape index (κ3) is 5.59. The van der Waals surface area contributed by atoms with Gasteiger partial charge in [0.15, 0.2) is 0 Å². The van der Waals surface area contributed by atoms with Crippen molar-refractivity contribution in [3.63, 3.8) is 0 Å². The van der Waals surface area contributed by atoms with Gasteiger partial charge in [-0.15, -0.1) is 0 Å². The molecule has 0 saturated heterocycles. The lowest BCUT2D eigenvalue weighted by atomic mass is 10.2. The Morgan fingerprint density at radius 1 is 1.20 bits per heavy atom. The summed E-state index contributed by atoms with van der Waals surface area (Å²) in [6, 6.07) is 5.94. The Balaban J connectivity index is 2.40. The first-order valence-corrected chi connectivity index (χ1v) is 6.91. The van der Waals surface area contributed by atoms with Crippen molar-refractivity contribution < 1.29 is 9.59 Å². The molecule has 0 radical (unpaired) electrons. The lowest BCUT2D eigenvalue weighted by Crippen LogP contribution is -2.45. The lowest BCUT2D eigenvalue weighted by Gasteiger charge is -2.14. The molecule has 110 valence electrons. The average Bonchev–Trinajstić information content (AvgIpc) is 2.44. The van der Waals surface area contributed by atoms with Gasteiger partial charge in [-0.2, -0.15) is 0 Å². The number of hydrogen-bond donors (Lipinski definition) is 3. The first-order chi connectivity index (χ1) is 9.54. The molecule has 1 atom stereocenters. The zero-order valence-electron chi connectivity index (χ0n) is 11.7. The summed E-state index contributed by atoms with van der Waals surface area (Å²) in [6.45, 7) is 3.08. The van der Waals surface area contributed by atoms with Crippen molar-refractivity contribution in [1.82, 2.24) is 16.0 Å². The molecule has 1 rings (SSSR count). The van der Waals surface area contributed by atoms with Gasteiger partial charge in [0, 0.05) is 17.1 Å². The van der Waals surface area contributed by atoms with E-state index in [0.29, 0.717) is 17.1 Å². The van der Waals surface area contributed by atoms with E-state index >= 15 is 0 Å². The summed E-state index contributed by atoms with van der Waals surface area (Å²) in [5.41, 5.74) is 0.476. The minimum absolute atomic E-state index is 0.191. The van der Waals surface area contributed by atoms with Crippen LogP contribution in [-0.4, -0.2) is 38.0 Å². The van der Waals surface area contributed by atoms with Gasteiger partial charge in [-0.05, 0) is 51.2 Å². The first-order valence-electron chi connectivity index (χ1n) is 6.53. The maximum absolute atomic E-state index is 11.9. The normalized spacial score (nSPS) is 11.8. The number of nitrogens with one attached hydrogen (secondary N) is 3. The molecule has 0 bridgehead atoms. The van der Waals surface area contributed by atoms with Crippen LogP contribution in [0.5, 0.6) is 0 Å². The number of hydrogen-bond acceptors (Lipinski definition) is 3. The van der Waals surface area contributed by atoms with Gasteiger partial charge in [-0.3, -0.25) is 9.59 Å². The second-order valence-corrected chi connectivity index (χ2v) is 4.89. The number of benzene rings is 1. The number of amides is 2. The third-order valence-electron chi connectivity index (χ3n) is 2.75. The predicted molar refractivity (Wildman–Crippen MR) is 79.9 cm³/mol. The smallest absolute Gasteiger partial charge is 0.251 e. The molecule has 0 aliphatic rings. The van der Waals surface area contributed by atoms with Gasteiger partial charge in [0.25, 0.3) is 5.91 Å². The highest BCUT2D eigenvalue weighted by molar-refractivity contribution is 6.30. The van der Waals surface area contributed by atoms with Gasteiger partial charge in [0.1, 0.15) is 6.04 Å². The van der Waals surface area contributed by atoms with Gasteiger partial charge in [-0.1, -0.05) is 11.6 Å². The maximum Gasteiger partial charge on any atom is 0.251 e. The van der Waals surface area contributed by atoms with Crippen molar-refractivity contribution in [3.8, 4) is 0 Å². The number of halogens is 1. The SMILES string of the molecule is CNCCCNC(=O)C(C)NC(=O)c1ccc(Cl)cc1. The summed E-state index contributed by atoms with van der Waals surface area (Å²) in [5, 5.41) is 8.98. The van der Waals surface area contributed by atoms with Gasteiger partial charge < -0.3 is 16.0 Å². The van der Waals surface area contributed by atoms with Gasteiger partial charge in [-0.25, -0.2) is 0 Å². The van der Waals surface area contributed by atoms with E-state index in [1.54, 1.807) is 31.2 Å². The Hall–Kier alpha value is -1.59. The number of rotatable bonds is 7. The molecule has 0 saturated carbocycles. The summed E-state index contributed by atoms with van der Waals surface area (Å²) < 4.78 is 0. The minimum Gasteiger partial charge on any atom is -0.354 e. The number of carbonyl (C=O) groups is 2. The van der Waals surface area contributed by atoms with Crippen LogP contribution in [0.15, 0.2) is 24.3 Å². The van der Waals surface area contributed by atoms with E-state index in [1.807, 2.05) is 7.05 Å². The molecule has 0 aromatic heterocycles. The van der Waals surface area contributed by atoms with Crippen molar-refractivity contribution in [1.29, 1.82) is 0 Å². The van der Waals surface area contributed by atoms with Crippen molar-refractivity contribution >= 4 is 23.4 Å². The molecule has 0 aliphatic carbocycles. The van der Waals surface area contributed by atoms with Crippen LogP contribution in [0.2, 0.25) is 5.02 Å². The second kappa shape index (κ2) is 8.55. The van der Waals surface area contributed by atoms with Crippen LogP contribution in [0.25, 0.3) is 0 Å². The topological polar surface area (TPSA) is 70.2 Å². The molecule has 0 heterocycles. The van der Waals surface area contributed by atoms with E-state index in [-0.39, 0.29) is 11.8 Å². The standard InChI is InChI=1S/C14H20ClN3O2/c1-10(13(19)17-9-3-8-16-2)18-14(20)11-4-6-12(15)7-5-11/h4-7,10,16H,3,8-9H2,1-2H3,(H,17,19)(H,18,20). The van der Waals surface area contributed by atoms with Crippen LogP contribution >= 0.6 is 11.6 Å². The average molecular weight is 298 g/mol. The molecule has 6 heteroatoms. The fourth-order valence-electron chi connectivity index (χ4n) is 1.58. The van der Waals surface area contributed by atoms with E-state index in [9.17, 15) is 9.59 Å². The molecular formula is C14H20ClN3O2. The van der Waals surface area contributed by atoms with Crippen molar-refractivity contribution in [2.24, 2.45) is 0 Å². The molecule has 20 heavy (non-hydrogen) atoms. The Morgan fingerprint density at radius 2 is 1.85 bits per heavy atom. The molecule has 0 aliphatic heterocycles. The first kappa shape index (κ1) is 16.5. The Labute approximate surface area is 124 Å². The summed E-state index contributed by atoms with van der Waals surface area (Å²) in [5.74, 6) is -0.483. The molecule has 3 N–H and O–H groups in total. The Morgan fingerprint density at radius 3 is 2.45 bits per heavy atom. The van der Waals surface area contributed by atoms with Crippen LogP contribution in [0.3, 0.4) is 0 Å². The zero-order chi connectivity index (χ0) is 15.0. The minimum atomic E-state index is -0.576. The number of carbonyl (C=O) groups excluding carboxylic acids is 2. The van der Waals surface area contributed by atoms with Crippen LogP contribution in [0.4, 0.5) is 0 Å². The molecule has 0 fully saturated rings. The summed E-state index contributed by atoms with van der Waals surface area (Å²) in [6.07, 6.45) is 0.847. The summed E-state index contributed by atoms with van der Waals surface area (Å²) in [4.78, 5) is 23.7. The molecule has 2 amide bonds. The highest BCUT2D eigenvalue weighted by atomic mass is 35.5. The molecule has 5 nitrogen and oxygen atoms in total. The second-order valence-electron chi connectivity index (χ2n) is 4.45. The van der Waals surface area contributed by atoms with Gasteiger partial charge in [0.2, 0.25) is 5.91 Å². The van der Waals surface area contributed by atoms with Crippen LogP contribution in [-0.2, 0) is 4.79 Å².